The van der Waals surface area contributed by atoms with Gasteiger partial charge in [-0.15, -0.1) is 11.8 Å². The Bertz CT molecular complexity index is 551. The zero-order chi connectivity index (χ0) is 15.5. The van der Waals surface area contributed by atoms with E-state index in [1.54, 1.807) is 11.0 Å². The van der Waals surface area contributed by atoms with Crippen LogP contribution >= 0.6 is 23.4 Å². The maximum absolute atomic E-state index is 12.2. The molecule has 1 amide bonds. The fraction of sp³-hybridized carbons (Fsp3) is 0.467. The minimum Gasteiger partial charge on any atom is -0.481 e. The van der Waals surface area contributed by atoms with Crippen molar-refractivity contribution in [2.45, 2.75) is 24.7 Å². The minimum absolute atomic E-state index is 0.0310. The van der Waals surface area contributed by atoms with Gasteiger partial charge < -0.3 is 10.0 Å². The molecule has 1 unspecified atom stereocenters. The summed E-state index contributed by atoms with van der Waals surface area (Å²) >= 11 is 7.44. The first kappa shape index (κ1) is 16.2. The number of hydrogen-bond acceptors (Lipinski definition) is 3. The number of thioether (sulfide) groups is 1. The van der Waals surface area contributed by atoms with E-state index in [0.717, 1.165) is 4.90 Å². The number of nitrogens with zero attached hydrogens (tertiary/aromatic N) is 1. The maximum atomic E-state index is 12.2. The van der Waals surface area contributed by atoms with Gasteiger partial charge in [0.25, 0.3) is 0 Å². The molecule has 1 atom stereocenters. The second-order valence-corrected chi connectivity index (χ2v) is 6.65. The molecule has 1 fully saturated rings. The summed E-state index contributed by atoms with van der Waals surface area (Å²) in [7, 11) is 0. The maximum Gasteiger partial charge on any atom is 0.311 e. The van der Waals surface area contributed by atoms with Gasteiger partial charge in [0.05, 0.1) is 16.2 Å². The number of benzene rings is 1. The van der Waals surface area contributed by atoms with Crippen molar-refractivity contribution in [1.29, 1.82) is 0 Å². The van der Waals surface area contributed by atoms with Gasteiger partial charge in [0.2, 0.25) is 5.91 Å². The van der Waals surface area contributed by atoms with Crippen LogP contribution in [0.1, 0.15) is 19.8 Å². The molecular formula is C15H18ClNO3S. The third-order valence-electron chi connectivity index (χ3n) is 4.02. The molecule has 0 aromatic heterocycles. The van der Waals surface area contributed by atoms with Crippen LogP contribution in [0.15, 0.2) is 29.2 Å². The highest BCUT2D eigenvalue weighted by molar-refractivity contribution is 8.00. The molecule has 6 heteroatoms. The Balaban J connectivity index is 1.94. The Labute approximate surface area is 133 Å². The fourth-order valence-electron chi connectivity index (χ4n) is 2.49. The lowest BCUT2D eigenvalue weighted by molar-refractivity contribution is -0.148. The Hall–Kier alpha value is -1.20. The van der Waals surface area contributed by atoms with Gasteiger partial charge in [0.15, 0.2) is 0 Å². The van der Waals surface area contributed by atoms with Gasteiger partial charge in [-0.25, -0.2) is 0 Å². The van der Waals surface area contributed by atoms with Crippen LogP contribution in [0.3, 0.4) is 0 Å². The predicted octanol–water partition coefficient (Wildman–Crippen LogP) is 3.15. The Morgan fingerprint density at radius 2 is 2.14 bits per heavy atom. The molecular weight excluding hydrogens is 310 g/mol. The largest absolute Gasteiger partial charge is 0.481 e. The summed E-state index contributed by atoms with van der Waals surface area (Å²) in [4.78, 5) is 26.1. The highest BCUT2D eigenvalue weighted by Gasteiger charge is 2.44. The van der Waals surface area contributed by atoms with Crippen LogP contribution in [-0.2, 0) is 9.59 Å². The lowest BCUT2D eigenvalue weighted by Crippen LogP contribution is -2.37. The molecule has 1 heterocycles. The number of rotatable bonds is 5. The number of carbonyl (C=O) groups is 2. The van der Waals surface area contributed by atoms with Gasteiger partial charge in [-0.3, -0.25) is 9.59 Å². The Kier molecular flexibility index (Phi) is 5.17. The zero-order valence-electron chi connectivity index (χ0n) is 11.8. The average Bonchev–Trinajstić information content (AvgIpc) is 2.92. The first-order chi connectivity index (χ1) is 9.98. The molecule has 0 bridgehead atoms. The third kappa shape index (κ3) is 3.52. The van der Waals surface area contributed by atoms with E-state index in [0.29, 0.717) is 31.0 Å². The number of carboxylic acid groups (broad SMARTS) is 1. The summed E-state index contributed by atoms with van der Waals surface area (Å²) in [5.41, 5.74) is -0.773. The molecule has 4 nitrogen and oxygen atoms in total. The van der Waals surface area contributed by atoms with E-state index in [-0.39, 0.29) is 11.7 Å². The second-order valence-electron chi connectivity index (χ2n) is 5.22. The van der Waals surface area contributed by atoms with Crippen LogP contribution in [0.25, 0.3) is 0 Å². The average molecular weight is 328 g/mol. The molecule has 1 aliphatic rings. The molecule has 21 heavy (non-hydrogen) atoms. The number of hydrogen-bond donors (Lipinski definition) is 1. The number of carbonyl (C=O) groups excluding carboxylic acids is 1. The molecule has 1 aromatic rings. The minimum atomic E-state index is -0.806. The first-order valence-electron chi connectivity index (χ1n) is 6.87. The van der Waals surface area contributed by atoms with Crippen LogP contribution in [0.2, 0.25) is 5.02 Å². The molecule has 0 aliphatic carbocycles. The number of likely N-dealkylation sites (tertiary alicyclic amines) is 1. The van der Waals surface area contributed by atoms with Crippen molar-refractivity contribution in [3.8, 4) is 0 Å². The van der Waals surface area contributed by atoms with Crippen molar-refractivity contribution in [3.63, 3.8) is 0 Å². The quantitative estimate of drug-likeness (QED) is 0.844. The smallest absolute Gasteiger partial charge is 0.311 e. The van der Waals surface area contributed by atoms with Crippen LogP contribution in [0.5, 0.6) is 0 Å². The van der Waals surface area contributed by atoms with E-state index in [2.05, 4.69) is 0 Å². The number of carboxylic acids is 1. The zero-order valence-corrected chi connectivity index (χ0v) is 13.4. The highest BCUT2D eigenvalue weighted by Crippen LogP contribution is 2.35. The lowest BCUT2D eigenvalue weighted by atomic mass is 9.84. The number of aliphatic carboxylic acids is 1. The standard InChI is InChI=1S/C15H18ClNO3S/c1-2-15(14(19)20)7-8-17(10-15)13(18)9-21-12-6-4-3-5-11(12)16/h3-6H,2,7-10H2,1H3,(H,19,20). The van der Waals surface area contributed by atoms with Gasteiger partial charge in [-0.2, -0.15) is 0 Å². The van der Waals surface area contributed by atoms with Crippen molar-refractivity contribution < 1.29 is 14.7 Å². The first-order valence-corrected chi connectivity index (χ1v) is 8.23. The van der Waals surface area contributed by atoms with E-state index >= 15 is 0 Å². The van der Waals surface area contributed by atoms with Crippen molar-refractivity contribution >= 4 is 35.2 Å². The molecule has 0 radical (unpaired) electrons. The SMILES string of the molecule is CCC1(C(=O)O)CCN(C(=O)CSc2ccccc2Cl)C1. The van der Waals surface area contributed by atoms with Crippen molar-refractivity contribution in [2.75, 3.05) is 18.8 Å². The highest BCUT2D eigenvalue weighted by atomic mass is 35.5. The molecule has 0 spiro atoms. The number of amides is 1. The number of halogens is 1. The van der Waals surface area contributed by atoms with E-state index in [9.17, 15) is 14.7 Å². The molecule has 0 saturated carbocycles. The fourth-order valence-corrected chi connectivity index (χ4v) is 3.63. The summed E-state index contributed by atoms with van der Waals surface area (Å²) in [6, 6.07) is 7.38. The summed E-state index contributed by atoms with van der Waals surface area (Å²) in [6.45, 7) is 2.68. The molecule has 114 valence electrons. The van der Waals surface area contributed by atoms with Crippen molar-refractivity contribution in [3.05, 3.63) is 29.3 Å². The second kappa shape index (κ2) is 6.71. The predicted molar refractivity (Wildman–Crippen MR) is 83.7 cm³/mol. The topological polar surface area (TPSA) is 57.6 Å². The van der Waals surface area contributed by atoms with Gasteiger partial charge in [0, 0.05) is 18.0 Å². The molecule has 1 saturated heterocycles. The Morgan fingerprint density at radius 3 is 2.71 bits per heavy atom. The van der Waals surface area contributed by atoms with Crippen LogP contribution in [0, 0.1) is 5.41 Å². The van der Waals surface area contributed by atoms with Crippen molar-refractivity contribution in [2.24, 2.45) is 5.41 Å². The molecule has 1 aliphatic heterocycles. The molecule has 1 aromatic carbocycles. The van der Waals surface area contributed by atoms with Gasteiger partial charge >= 0.3 is 5.97 Å². The lowest BCUT2D eigenvalue weighted by Gasteiger charge is -2.23. The van der Waals surface area contributed by atoms with E-state index in [4.69, 9.17) is 11.6 Å². The monoisotopic (exact) mass is 327 g/mol. The van der Waals surface area contributed by atoms with Crippen molar-refractivity contribution in [1.82, 2.24) is 4.90 Å². The Morgan fingerprint density at radius 1 is 1.43 bits per heavy atom. The van der Waals surface area contributed by atoms with Gasteiger partial charge in [-0.1, -0.05) is 30.7 Å². The summed E-state index contributed by atoms with van der Waals surface area (Å²) in [5, 5.41) is 9.98. The van der Waals surface area contributed by atoms with E-state index < -0.39 is 11.4 Å². The summed E-state index contributed by atoms with van der Waals surface area (Å²) in [5.74, 6) is -0.557. The van der Waals surface area contributed by atoms with Gasteiger partial charge in [0.1, 0.15) is 0 Å². The van der Waals surface area contributed by atoms with E-state index in [1.165, 1.54) is 11.8 Å². The third-order valence-corrected chi connectivity index (χ3v) is 5.52. The van der Waals surface area contributed by atoms with E-state index in [1.807, 2.05) is 25.1 Å². The summed E-state index contributed by atoms with van der Waals surface area (Å²) < 4.78 is 0. The van der Waals surface area contributed by atoms with Gasteiger partial charge in [-0.05, 0) is 25.0 Å². The molecule has 2 rings (SSSR count). The van der Waals surface area contributed by atoms with Crippen LogP contribution in [-0.4, -0.2) is 40.7 Å². The van der Waals surface area contributed by atoms with Crippen LogP contribution in [0.4, 0.5) is 0 Å². The molecule has 1 N–H and O–H groups in total. The summed E-state index contributed by atoms with van der Waals surface area (Å²) in [6.07, 6.45) is 1.07. The normalized spacial score (nSPS) is 21.5. The van der Waals surface area contributed by atoms with Crippen LogP contribution < -0.4 is 0 Å².